The van der Waals surface area contributed by atoms with Crippen LogP contribution in [0.4, 0.5) is 10.5 Å². The van der Waals surface area contributed by atoms with Crippen molar-refractivity contribution in [2.24, 2.45) is 5.73 Å². The second-order valence-electron chi connectivity index (χ2n) is 6.30. The van der Waals surface area contributed by atoms with E-state index >= 15 is 0 Å². The van der Waals surface area contributed by atoms with Crippen molar-refractivity contribution < 1.29 is 19.2 Å². The lowest BCUT2D eigenvalue weighted by Crippen LogP contribution is -2.45. The molecule has 2 aromatic rings. The highest BCUT2D eigenvalue weighted by atomic mass is 16.5. The van der Waals surface area contributed by atoms with Gasteiger partial charge in [0.05, 0.1) is 6.04 Å². The van der Waals surface area contributed by atoms with Crippen LogP contribution in [-0.4, -0.2) is 39.8 Å². The molecule has 0 unspecified atom stereocenters. The maximum absolute atomic E-state index is 12.1. The number of anilines is 1. The highest BCUT2D eigenvalue weighted by Gasteiger charge is 2.33. The van der Waals surface area contributed by atoms with Crippen LogP contribution in [-0.2, 0) is 11.2 Å². The largest absolute Gasteiger partial charge is 0.465 e. The van der Waals surface area contributed by atoms with E-state index in [-0.39, 0.29) is 11.9 Å². The molecule has 0 fully saturated rings. The van der Waals surface area contributed by atoms with Crippen LogP contribution < -0.4 is 16.0 Å². The highest BCUT2D eigenvalue weighted by molar-refractivity contribution is 5.94. The summed E-state index contributed by atoms with van der Waals surface area (Å²) >= 11 is 0. The SMILES string of the molecule is CC(=O)N1c2ccc(-c3noc(CCN)n3)cc2[C@H](NC(=O)O)C[C@@H]1C. The van der Waals surface area contributed by atoms with E-state index in [0.717, 1.165) is 0 Å². The van der Waals surface area contributed by atoms with Gasteiger partial charge in [-0.3, -0.25) is 4.79 Å². The molecule has 138 valence electrons. The molecular formula is C17H21N5O4. The summed E-state index contributed by atoms with van der Waals surface area (Å²) in [6.07, 6.45) is -0.149. The first-order chi connectivity index (χ1) is 12.4. The Morgan fingerprint density at radius 1 is 1.46 bits per heavy atom. The Bertz CT molecular complexity index is 834. The van der Waals surface area contributed by atoms with Gasteiger partial charge in [-0.05, 0) is 37.1 Å². The first-order valence-corrected chi connectivity index (χ1v) is 8.37. The maximum atomic E-state index is 12.1. The van der Waals surface area contributed by atoms with Gasteiger partial charge in [0.15, 0.2) is 0 Å². The standard InChI is InChI=1S/C17H21N5O4/c1-9-7-13(19-17(24)25)12-8-11(3-4-14(12)22(9)10(2)23)16-20-15(5-6-18)26-21-16/h3-4,8-9,13,19H,5-7,18H2,1-2H3,(H,24,25)/t9-,13+/m0/s1. The molecule has 0 bridgehead atoms. The van der Waals surface area contributed by atoms with Gasteiger partial charge in [0.2, 0.25) is 17.6 Å². The number of carbonyl (C=O) groups excluding carboxylic acids is 1. The van der Waals surface area contributed by atoms with Gasteiger partial charge in [-0.2, -0.15) is 4.98 Å². The van der Waals surface area contributed by atoms with Crippen molar-refractivity contribution in [3.8, 4) is 11.4 Å². The molecule has 4 N–H and O–H groups in total. The Morgan fingerprint density at radius 2 is 2.23 bits per heavy atom. The number of nitrogens with zero attached hydrogens (tertiary/aromatic N) is 3. The third kappa shape index (κ3) is 3.38. The molecule has 1 aromatic carbocycles. The van der Waals surface area contributed by atoms with E-state index < -0.39 is 12.1 Å². The fraction of sp³-hybridized carbons (Fsp3) is 0.412. The number of nitrogens with one attached hydrogen (secondary N) is 1. The summed E-state index contributed by atoms with van der Waals surface area (Å²) in [5.41, 5.74) is 7.57. The molecule has 0 radical (unpaired) electrons. The number of rotatable bonds is 4. The minimum absolute atomic E-state index is 0.0925. The number of carbonyl (C=O) groups is 2. The van der Waals surface area contributed by atoms with E-state index in [1.807, 2.05) is 6.92 Å². The predicted octanol–water partition coefficient (Wildman–Crippen LogP) is 1.69. The minimum Gasteiger partial charge on any atom is -0.465 e. The number of aromatic nitrogens is 2. The average molecular weight is 359 g/mol. The second kappa shape index (κ2) is 7.12. The molecule has 0 spiro atoms. The van der Waals surface area contributed by atoms with E-state index in [2.05, 4.69) is 15.5 Å². The molecule has 9 heteroatoms. The number of hydrogen-bond donors (Lipinski definition) is 3. The van der Waals surface area contributed by atoms with Crippen LogP contribution in [0.15, 0.2) is 22.7 Å². The molecule has 2 amide bonds. The first-order valence-electron chi connectivity index (χ1n) is 8.37. The Kier molecular flexibility index (Phi) is 4.90. The minimum atomic E-state index is -1.11. The third-order valence-corrected chi connectivity index (χ3v) is 4.40. The van der Waals surface area contributed by atoms with Crippen molar-refractivity contribution in [3.63, 3.8) is 0 Å². The van der Waals surface area contributed by atoms with Crippen molar-refractivity contribution >= 4 is 17.7 Å². The maximum Gasteiger partial charge on any atom is 0.405 e. The van der Waals surface area contributed by atoms with Gasteiger partial charge in [0, 0.05) is 37.2 Å². The fourth-order valence-electron chi connectivity index (χ4n) is 3.37. The molecule has 0 aliphatic carbocycles. The Hall–Kier alpha value is -2.94. The molecule has 0 saturated carbocycles. The van der Waals surface area contributed by atoms with Crippen molar-refractivity contribution in [2.45, 2.75) is 38.8 Å². The van der Waals surface area contributed by atoms with Gasteiger partial charge in [0.25, 0.3) is 0 Å². The fourth-order valence-corrected chi connectivity index (χ4v) is 3.37. The molecule has 3 rings (SSSR count). The van der Waals surface area contributed by atoms with Crippen LogP contribution >= 0.6 is 0 Å². The summed E-state index contributed by atoms with van der Waals surface area (Å²) < 4.78 is 5.16. The normalized spacial score (nSPS) is 19.1. The molecule has 1 aromatic heterocycles. The number of benzene rings is 1. The first kappa shape index (κ1) is 17.9. The van der Waals surface area contributed by atoms with Gasteiger partial charge < -0.3 is 25.6 Å². The zero-order valence-electron chi connectivity index (χ0n) is 14.6. The van der Waals surface area contributed by atoms with Crippen LogP contribution in [0.25, 0.3) is 11.4 Å². The molecule has 2 heterocycles. The van der Waals surface area contributed by atoms with Gasteiger partial charge in [-0.15, -0.1) is 0 Å². The Morgan fingerprint density at radius 3 is 2.88 bits per heavy atom. The van der Waals surface area contributed by atoms with E-state index in [1.54, 1.807) is 23.1 Å². The molecule has 1 aliphatic rings. The Labute approximate surface area is 150 Å². The number of nitrogens with two attached hydrogens (primary N) is 1. The lowest BCUT2D eigenvalue weighted by Gasteiger charge is -2.39. The number of carboxylic acid groups (broad SMARTS) is 1. The van der Waals surface area contributed by atoms with Gasteiger partial charge in [0.1, 0.15) is 0 Å². The zero-order chi connectivity index (χ0) is 18.8. The van der Waals surface area contributed by atoms with Crippen LogP contribution in [0.2, 0.25) is 0 Å². The number of fused-ring (bicyclic) bond motifs is 1. The van der Waals surface area contributed by atoms with E-state index in [0.29, 0.717) is 47.9 Å². The molecule has 1 aliphatic heterocycles. The van der Waals surface area contributed by atoms with Crippen molar-refractivity contribution in [3.05, 3.63) is 29.7 Å². The van der Waals surface area contributed by atoms with E-state index in [9.17, 15) is 9.59 Å². The molecule has 0 saturated heterocycles. The molecule has 9 nitrogen and oxygen atoms in total. The second-order valence-corrected chi connectivity index (χ2v) is 6.30. The Balaban J connectivity index is 2.04. The van der Waals surface area contributed by atoms with Crippen LogP contribution in [0.3, 0.4) is 0 Å². The van der Waals surface area contributed by atoms with Crippen molar-refractivity contribution in [1.29, 1.82) is 0 Å². The summed E-state index contributed by atoms with van der Waals surface area (Å²) in [6, 6.07) is 4.83. The summed E-state index contributed by atoms with van der Waals surface area (Å²) in [5, 5.41) is 15.6. The van der Waals surface area contributed by atoms with Crippen molar-refractivity contribution in [1.82, 2.24) is 15.5 Å². The van der Waals surface area contributed by atoms with Crippen molar-refractivity contribution in [2.75, 3.05) is 11.4 Å². The monoisotopic (exact) mass is 359 g/mol. The smallest absolute Gasteiger partial charge is 0.405 e. The van der Waals surface area contributed by atoms with Gasteiger partial charge in [-0.25, -0.2) is 4.79 Å². The topological polar surface area (TPSA) is 135 Å². The van der Waals surface area contributed by atoms with Crippen LogP contribution in [0.5, 0.6) is 0 Å². The number of amides is 2. The molecular weight excluding hydrogens is 338 g/mol. The summed E-state index contributed by atoms with van der Waals surface area (Å²) in [6.45, 7) is 3.80. The van der Waals surface area contributed by atoms with Gasteiger partial charge >= 0.3 is 6.09 Å². The predicted molar refractivity (Wildman–Crippen MR) is 93.6 cm³/mol. The van der Waals surface area contributed by atoms with Gasteiger partial charge in [-0.1, -0.05) is 5.16 Å². The van der Waals surface area contributed by atoms with Crippen LogP contribution in [0.1, 0.15) is 37.8 Å². The molecule has 26 heavy (non-hydrogen) atoms. The summed E-state index contributed by atoms with van der Waals surface area (Å²) in [5.74, 6) is 0.753. The van der Waals surface area contributed by atoms with E-state index in [4.69, 9.17) is 15.4 Å². The summed E-state index contributed by atoms with van der Waals surface area (Å²) in [7, 11) is 0. The lowest BCUT2D eigenvalue weighted by molar-refractivity contribution is -0.117. The number of hydrogen-bond acceptors (Lipinski definition) is 6. The third-order valence-electron chi connectivity index (χ3n) is 4.40. The van der Waals surface area contributed by atoms with E-state index in [1.165, 1.54) is 6.92 Å². The average Bonchev–Trinajstić information content (AvgIpc) is 3.02. The highest BCUT2D eigenvalue weighted by Crippen LogP contribution is 2.39. The lowest BCUT2D eigenvalue weighted by atomic mass is 9.90. The van der Waals surface area contributed by atoms with Crippen LogP contribution in [0, 0.1) is 0 Å². The quantitative estimate of drug-likeness (QED) is 0.756. The zero-order valence-corrected chi connectivity index (χ0v) is 14.6. The summed E-state index contributed by atoms with van der Waals surface area (Å²) in [4.78, 5) is 29.2. The molecule has 2 atom stereocenters.